The molecule has 3 unspecified atom stereocenters. The number of nitrogens with zero attached hydrogens (tertiary/aromatic N) is 4. The summed E-state index contributed by atoms with van der Waals surface area (Å²) in [6, 6.07) is 29.6. The first-order valence-corrected chi connectivity index (χ1v) is 22.1. The van der Waals surface area contributed by atoms with Gasteiger partial charge in [0.2, 0.25) is 0 Å². The van der Waals surface area contributed by atoms with E-state index in [2.05, 4.69) is 35.5 Å². The van der Waals surface area contributed by atoms with Crippen LogP contribution in [0.4, 0.5) is 8.78 Å². The van der Waals surface area contributed by atoms with Crippen molar-refractivity contribution in [3.63, 3.8) is 0 Å². The maximum Gasteiger partial charge on any atom is 0.123 e. The van der Waals surface area contributed by atoms with E-state index in [9.17, 15) is 13.9 Å². The Bertz CT molecular complexity index is 2630. The molecule has 2 aliphatic rings. The lowest BCUT2D eigenvalue weighted by molar-refractivity contribution is 0.0516. The molecule has 9 nitrogen and oxygen atoms in total. The third kappa shape index (κ3) is 11.7. The van der Waals surface area contributed by atoms with Crippen LogP contribution in [0.15, 0.2) is 169 Å². The average molecular weight is 881 g/mol. The van der Waals surface area contributed by atoms with Crippen molar-refractivity contribution in [3.8, 4) is 0 Å². The van der Waals surface area contributed by atoms with Crippen molar-refractivity contribution in [1.82, 2.24) is 19.6 Å². The molecule has 0 radical (unpaired) electrons. The number of ether oxygens (including phenoxy) is 4. The first-order valence-electron chi connectivity index (χ1n) is 22.1. The van der Waals surface area contributed by atoms with Crippen molar-refractivity contribution < 1.29 is 32.8 Å². The zero-order valence-corrected chi connectivity index (χ0v) is 37.9. The lowest BCUT2D eigenvalue weighted by Crippen LogP contribution is -2.12. The number of rotatable bonds is 18. The monoisotopic (exact) mass is 880 g/mol. The van der Waals surface area contributed by atoms with Gasteiger partial charge >= 0.3 is 0 Å². The number of hydrogen-bond donors (Lipinski definition) is 1. The fraction of sp³-hybridized carbons (Fsp3) is 0.296. The second-order valence-corrected chi connectivity index (χ2v) is 16.2. The summed E-state index contributed by atoms with van der Waals surface area (Å²) in [6.07, 6.45) is 14.7. The zero-order valence-electron chi connectivity index (χ0n) is 37.9. The summed E-state index contributed by atoms with van der Waals surface area (Å²) in [5, 5.41) is 19.9. The predicted molar refractivity (Wildman–Crippen MR) is 248 cm³/mol. The van der Waals surface area contributed by atoms with E-state index in [1.807, 2.05) is 117 Å². The van der Waals surface area contributed by atoms with E-state index in [0.717, 1.165) is 69.8 Å². The van der Waals surface area contributed by atoms with E-state index < -0.39 is 6.10 Å². The quantitative estimate of drug-likeness (QED) is 0.0919. The Hall–Kier alpha value is -6.40. The predicted octanol–water partition coefficient (Wildman–Crippen LogP) is 11.7. The molecule has 2 aromatic heterocycles. The van der Waals surface area contributed by atoms with Gasteiger partial charge in [0.15, 0.2) is 0 Å². The number of aliphatic hydroxyl groups is 1. The molecule has 5 atom stereocenters. The van der Waals surface area contributed by atoms with E-state index in [1.54, 1.807) is 37.2 Å². The molecule has 8 rings (SSSR count). The normalized spacial score (nSPS) is 17.0. The van der Waals surface area contributed by atoms with Crippen molar-refractivity contribution in [2.45, 2.75) is 90.6 Å². The number of aryl methyl sites for hydroxylation is 2. The Kier molecular flexibility index (Phi) is 15.8. The standard InChI is InChI=1S/C27H29FN2O3.C27H29FN2O2/c1-4-30-16-20(15-29-30)27(31)26-14-22(32-3)13-25(26)23-11-10-21(28)12-24(23)18(2)33-17-19-8-6-5-7-9-19;1-4-30-17-21(16-29-30)12-22-13-24(31-3)15-27(22)25-11-10-23(28)14-26(25)19(2)32-18-20-8-6-5-7-9-20/h5-16,18,25,27,31H,4,17H2,1-3H3;5-11,13-17,19,27H,4,12,18H2,1-3H3/t18-,25?,27?;19-,27?/m11/s1. The molecule has 0 spiro atoms. The minimum Gasteiger partial charge on any atom is -0.497 e. The lowest BCUT2D eigenvalue weighted by atomic mass is 9.85. The Labute approximate surface area is 381 Å². The Morgan fingerprint density at radius 3 is 1.66 bits per heavy atom. The van der Waals surface area contributed by atoms with Crippen molar-refractivity contribution in [1.29, 1.82) is 0 Å². The van der Waals surface area contributed by atoms with Gasteiger partial charge in [-0.1, -0.05) is 78.4 Å². The summed E-state index contributed by atoms with van der Waals surface area (Å²) < 4.78 is 55.5. The van der Waals surface area contributed by atoms with Crippen LogP contribution in [0.2, 0.25) is 0 Å². The summed E-state index contributed by atoms with van der Waals surface area (Å²) in [4.78, 5) is 0. The van der Waals surface area contributed by atoms with Crippen LogP contribution in [0, 0.1) is 11.6 Å². The van der Waals surface area contributed by atoms with Crippen molar-refractivity contribution >= 4 is 0 Å². The van der Waals surface area contributed by atoms with Gasteiger partial charge in [-0.25, -0.2) is 8.78 Å². The summed E-state index contributed by atoms with van der Waals surface area (Å²) in [5.74, 6) is 0.605. The summed E-state index contributed by atoms with van der Waals surface area (Å²) in [6.45, 7) is 10.4. The number of aliphatic hydroxyl groups excluding tert-OH is 1. The number of allylic oxidation sites excluding steroid dienone is 5. The number of hydrogen-bond acceptors (Lipinski definition) is 7. The van der Waals surface area contributed by atoms with Gasteiger partial charge in [-0.3, -0.25) is 9.36 Å². The van der Waals surface area contributed by atoms with Gasteiger partial charge in [0.05, 0.1) is 52.0 Å². The Morgan fingerprint density at radius 1 is 0.631 bits per heavy atom. The topological polar surface area (TPSA) is 92.8 Å². The highest BCUT2D eigenvalue weighted by Gasteiger charge is 2.32. The van der Waals surface area contributed by atoms with Gasteiger partial charge in [0.1, 0.15) is 29.3 Å². The van der Waals surface area contributed by atoms with Crippen LogP contribution in [-0.4, -0.2) is 38.9 Å². The molecule has 0 aliphatic heterocycles. The van der Waals surface area contributed by atoms with Gasteiger partial charge in [-0.15, -0.1) is 0 Å². The van der Waals surface area contributed by atoms with Crippen molar-refractivity contribution in [2.24, 2.45) is 0 Å². The Balaban J connectivity index is 0.000000194. The van der Waals surface area contributed by atoms with Crippen LogP contribution in [0.3, 0.4) is 0 Å². The summed E-state index contributed by atoms with van der Waals surface area (Å²) in [5.41, 5.74) is 9.45. The fourth-order valence-corrected chi connectivity index (χ4v) is 8.30. The fourth-order valence-electron chi connectivity index (χ4n) is 8.30. The molecule has 0 amide bonds. The summed E-state index contributed by atoms with van der Waals surface area (Å²) in [7, 11) is 3.27. The average Bonchev–Trinajstić information content (AvgIpc) is 4.18. The first kappa shape index (κ1) is 46.6. The third-order valence-electron chi connectivity index (χ3n) is 11.9. The summed E-state index contributed by atoms with van der Waals surface area (Å²) >= 11 is 0. The number of halogens is 2. The first-order chi connectivity index (χ1) is 31.6. The number of aromatic nitrogens is 4. The van der Waals surface area contributed by atoms with Crippen LogP contribution in [0.5, 0.6) is 0 Å². The smallest absolute Gasteiger partial charge is 0.123 e. The SMILES string of the molecule is CCn1cc(C(O)C2=CC(OC)=CC2c2ccc(F)cc2[C@@H](C)OCc2ccccc2)cn1.CCn1cc(CC2=CC(OC)=CC2c2ccc(F)cc2[C@@H](C)OCc2ccccc2)cn1. The number of methoxy groups -OCH3 is 2. The molecule has 338 valence electrons. The Morgan fingerprint density at radius 2 is 1.14 bits per heavy atom. The molecular weight excluding hydrogens is 823 g/mol. The van der Waals surface area contributed by atoms with Crippen molar-refractivity contribution in [3.05, 3.63) is 225 Å². The third-order valence-corrected chi connectivity index (χ3v) is 11.9. The molecule has 11 heteroatoms. The highest BCUT2D eigenvalue weighted by Crippen LogP contribution is 2.44. The van der Waals surface area contributed by atoms with Gasteiger partial charge in [0.25, 0.3) is 0 Å². The highest BCUT2D eigenvalue weighted by molar-refractivity contribution is 5.51. The van der Waals surface area contributed by atoms with E-state index in [4.69, 9.17) is 18.9 Å². The number of benzene rings is 4. The molecule has 4 aromatic carbocycles. The molecule has 0 saturated carbocycles. The van der Waals surface area contributed by atoms with Crippen LogP contribution >= 0.6 is 0 Å². The maximum absolute atomic E-state index is 14.3. The van der Waals surface area contributed by atoms with E-state index in [-0.39, 0.29) is 35.7 Å². The molecule has 0 bridgehead atoms. The van der Waals surface area contributed by atoms with Crippen LogP contribution in [-0.2, 0) is 51.7 Å². The van der Waals surface area contributed by atoms with Gasteiger partial charge in [0, 0.05) is 42.9 Å². The molecule has 65 heavy (non-hydrogen) atoms. The van der Waals surface area contributed by atoms with Gasteiger partial charge in [-0.2, -0.15) is 10.2 Å². The second-order valence-electron chi connectivity index (χ2n) is 16.2. The molecular formula is C54H58F2N4O5. The van der Waals surface area contributed by atoms with Gasteiger partial charge in [-0.05, 0) is 127 Å². The molecule has 1 N–H and O–H groups in total. The molecule has 6 aromatic rings. The lowest BCUT2D eigenvalue weighted by Gasteiger charge is -2.24. The minimum atomic E-state index is -0.863. The van der Waals surface area contributed by atoms with E-state index >= 15 is 0 Å². The maximum atomic E-state index is 14.3. The largest absolute Gasteiger partial charge is 0.497 e. The van der Waals surface area contributed by atoms with E-state index in [1.165, 1.54) is 23.8 Å². The molecule has 2 heterocycles. The van der Waals surface area contributed by atoms with Crippen LogP contribution in [0.1, 0.15) is 102 Å². The van der Waals surface area contributed by atoms with Crippen LogP contribution < -0.4 is 0 Å². The van der Waals surface area contributed by atoms with Gasteiger partial charge < -0.3 is 24.1 Å². The van der Waals surface area contributed by atoms with E-state index in [0.29, 0.717) is 24.5 Å². The second kappa shape index (κ2) is 22.0. The molecule has 0 saturated heterocycles. The van der Waals surface area contributed by atoms with Crippen LogP contribution in [0.25, 0.3) is 0 Å². The van der Waals surface area contributed by atoms with Crippen molar-refractivity contribution in [2.75, 3.05) is 14.2 Å². The molecule has 2 aliphatic carbocycles. The molecule has 0 fully saturated rings. The highest BCUT2D eigenvalue weighted by atomic mass is 19.1. The minimum absolute atomic E-state index is 0.00620. The zero-order chi connectivity index (χ0) is 45.9.